The highest BCUT2D eigenvalue weighted by Crippen LogP contribution is 2.53. The van der Waals surface area contributed by atoms with Crippen LogP contribution in [0.5, 0.6) is 0 Å². The zero-order chi connectivity index (χ0) is 41.4. The van der Waals surface area contributed by atoms with Gasteiger partial charge in [-0.15, -0.1) is 0 Å². The van der Waals surface area contributed by atoms with Gasteiger partial charge in [-0.1, -0.05) is 121 Å². The maximum absolute atomic E-state index is 6.93. The number of imidazole rings is 1. The van der Waals surface area contributed by atoms with Gasteiger partial charge in [0.05, 0.1) is 18.8 Å². The van der Waals surface area contributed by atoms with Crippen molar-refractivity contribution in [2.45, 2.75) is 110 Å². The van der Waals surface area contributed by atoms with Crippen molar-refractivity contribution in [2.24, 2.45) is 0 Å². The van der Waals surface area contributed by atoms with Crippen LogP contribution in [0.4, 0.5) is 5.69 Å². The van der Waals surface area contributed by atoms with Crippen molar-refractivity contribution in [3.8, 4) is 28.2 Å². The number of hydrogen-bond donors (Lipinski definition) is 0. The van der Waals surface area contributed by atoms with Crippen molar-refractivity contribution >= 4 is 27.6 Å². The van der Waals surface area contributed by atoms with E-state index >= 15 is 0 Å². The first kappa shape index (κ1) is 39.1. The van der Waals surface area contributed by atoms with Gasteiger partial charge in [0.25, 0.3) is 5.82 Å². The van der Waals surface area contributed by atoms with Crippen LogP contribution in [0.15, 0.2) is 132 Å². The predicted molar refractivity (Wildman–Crippen MR) is 247 cm³/mol. The summed E-state index contributed by atoms with van der Waals surface area (Å²) >= 11 is 0. The molecule has 0 amide bonds. The van der Waals surface area contributed by atoms with Crippen LogP contribution >= 0.6 is 0 Å². The summed E-state index contributed by atoms with van der Waals surface area (Å²) in [5.74, 6) is 2.41. The van der Waals surface area contributed by atoms with Crippen molar-refractivity contribution in [1.29, 1.82) is 0 Å². The van der Waals surface area contributed by atoms with Gasteiger partial charge in [-0.25, -0.2) is 9.05 Å². The van der Waals surface area contributed by atoms with E-state index in [0.717, 1.165) is 30.4 Å². The van der Waals surface area contributed by atoms with Gasteiger partial charge in [-0.3, -0.25) is 0 Å². The summed E-state index contributed by atoms with van der Waals surface area (Å²) in [7, 11) is 4.56. The first-order valence-corrected chi connectivity index (χ1v) is 22.1. The van der Waals surface area contributed by atoms with Crippen LogP contribution in [-0.2, 0) is 5.54 Å². The Hall–Kier alpha value is -5.39. The fourth-order valence-electron chi connectivity index (χ4n) is 10.8. The van der Waals surface area contributed by atoms with Gasteiger partial charge in [0, 0.05) is 41.4 Å². The highest BCUT2D eigenvalue weighted by atomic mass is 16.3. The molecule has 4 atom stereocenters. The van der Waals surface area contributed by atoms with Crippen LogP contribution < -0.4 is 9.05 Å². The molecule has 2 aliphatic heterocycles. The minimum absolute atomic E-state index is 0.0956. The Labute approximate surface area is 351 Å². The third-order valence-electron chi connectivity index (χ3n) is 14.7. The monoisotopic (exact) mass is 782 g/mol. The number of para-hydroxylation sites is 1. The van der Waals surface area contributed by atoms with E-state index < -0.39 is 0 Å². The molecule has 7 aromatic rings. The number of benzene rings is 5. The summed E-state index contributed by atoms with van der Waals surface area (Å²) in [5, 5.41) is 2.37. The normalized spacial score (nSPS) is 20.4. The Morgan fingerprint density at radius 2 is 1.44 bits per heavy atom. The number of furan rings is 1. The molecule has 302 valence electrons. The topological polar surface area (TPSA) is 25.2 Å². The minimum Gasteiger partial charge on any atom is -0.450 e. The molecule has 0 spiro atoms. The van der Waals surface area contributed by atoms with E-state index in [4.69, 9.17) is 4.42 Å². The average molecular weight is 783 g/mol. The molecule has 5 heteroatoms. The van der Waals surface area contributed by atoms with Crippen LogP contribution in [0.1, 0.15) is 121 Å². The second-order valence-corrected chi connectivity index (χ2v) is 18.4. The molecule has 5 aromatic carbocycles. The first-order valence-electron chi connectivity index (χ1n) is 22.1. The average Bonchev–Trinajstić information content (AvgIpc) is 3.92. The second kappa shape index (κ2) is 14.7. The number of fused-ring (bicyclic) bond motifs is 6. The lowest BCUT2D eigenvalue weighted by atomic mass is 9.72. The van der Waals surface area contributed by atoms with Crippen molar-refractivity contribution in [3.05, 3.63) is 150 Å². The molecule has 0 N–H and O–H groups in total. The summed E-state index contributed by atoms with van der Waals surface area (Å²) in [4.78, 5) is 2.34. The van der Waals surface area contributed by atoms with Crippen molar-refractivity contribution in [1.82, 2.24) is 14.0 Å². The molecule has 0 saturated carbocycles. The summed E-state index contributed by atoms with van der Waals surface area (Å²) in [5.41, 5.74) is 13.9. The summed E-state index contributed by atoms with van der Waals surface area (Å²) in [6, 6.07) is 38.5. The highest BCUT2D eigenvalue weighted by Gasteiger charge is 2.48. The summed E-state index contributed by atoms with van der Waals surface area (Å²) in [6.07, 6.45) is 12.7. The van der Waals surface area contributed by atoms with Gasteiger partial charge in [-0.05, 0) is 90.0 Å². The lowest BCUT2D eigenvalue weighted by Crippen LogP contribution is -2.56. The van der Waals surface area contributed by atoms with Crippen molar-refractivity contribution in [3.63, 3.8) is 0 Å². The van der Waals surface area contributed by atoms with E-state index in [1.54, 1.807) is 0 Å². The Morgan fingerprint density at radius 1 is 0.780 bits per heavy atom. The SMILES string of the molecule is CCC1(CC)CC(C(C)c2ccc3c(oc4ccccc43)c2[N+]2(C)C=CN(C)C2C)c2ccccc2-c2n(-c3c(C(C)C)cc(-c4ccccc4)cc3C(C)C)cc[n+]21. The number of hydrogen-bond acceptors (Lipinski definition) is 2. The second-order valence-electron chi connectivity index (χ2n) is 18.4. The van der Waals surface area contributed by atoms with E-state index in [9.17, 15) is 0 Å². The number of quaternary nitrogens is 1. The number of nitrogens with zero attached hydrogens (tertiary/aromatic N) is 4. The van der Waals surface area contributed by atoms with Crippen LogP contribution in [-0.4, -0.2) is 29.7 Å². The van der Waals surface area contributed by atoms with E-state index in [1.165, 1.54) is 66.9 Å². The Morgan fingerprint density at radius 3 is 2.10 bits per heavy atom. The van der Waals surface area contributed by atoms with E-state index in [0.29, 0.717) is 16.3 Å². The Kier molecular flexibility index (Phi) is 9.74. The van der Waals surface area contributed by atoms with Gasteiger partial charge in [0.15, 0.2) is 17.4 Å². The standard InChI is InChI=1S/C54H62N4O/c1-11-54(12-2)34-48(37(7)41-26-27-44-43-23-18-19-25-49(43)59-52(44)51(41)58(10)31-30-55(9)38(58)8)42-22-16-17-24-45(42)53-56(28-29-57(53)54)50-46(35(3)4)32-40(33-47(50)36(5)6)39-20-14-13-15-21-39/h13-33,35-38,48H,11-12,34H2,1-10H3/q+2. The molecule has 9 rings (SSSR count). The number of rotatable bonds is 9. The lowest BCUT2D eigenvalue weighted by Gasteiger charge is -2.38. The Bertz CT molecular complexity index is 2680. The van der Waals surface area contributed by atoms with Crippen molar-refractivity contribution in [2.75, 3.05) is 14.1 Å². The van der Waals surface area contributed by atoms with Gasteiger partial charge in [0.2, 0.25) is 0 Å². The maximum Gasteiger partial charge on any atom is 0.294 e. The highest BCUT2D eigenvalue weighted by molar-refractivity contribution is 6.09. The molecule has 4 unspecified atom stereocenters. The summed E-state index contributed by atoms with van der Waals surface area (Å²) < 4.78 is 12.9. The molecule has 2 aromatic heterocycles. The van der Waals surface area contributed by atoms with Crippen molar-refractivity contribution < 1.29 is 8.98 Å². The first-order chi connectivity index (χ1) is 28.4. The van der Waals surface area contributed by atoms with E-state index in [-0.39, 0.29) is 23.5 Å². The third-order valence-corrected chi connectivity index (χ3v) is 14.7. The molecular weight excluding hydrogens is 721 g/mol. The molecule has 59 heavy (non-hydrogen) atoms. The van der Waals surface area contributed by atoms with Gasteiger partial charge < -0.3 is 9.32 Å². The summed E-state index contributed by atoms with van der Waals surface area (Å²) in [6.45, 7) is 19.1. The molecule has 0 radical (unpaired) electrons. The molecule has 4 heterocycles. The zero-order valence-corrected chi connectivity index (χ0v) is 36.8. The van der Waals surface area contributed by atoms with Crippen LogP contribution in [0, 0.1) is 0 Å². The van der Waals surface area contributed by atoms with Crippen LogP contribution in [0.3, 0.4) is 0 Å². The van der Waals surface area contributed by atoms with Gasteiger partial charge in [-0.2, -0.15) is 4.57 Å². The van der Waals surface area contributed by atoms with Crippen LogP contribution in [0.25, 0.3) is 50.1 Å². The Balaban J connectivity index is 1.28. The lowest BCUT2D eigenvalue weighted by molar-refractivity contribution is -0.756. The van der Waals surface area contributed by atoms with Gasteiger partial charge in [0.1, 0.15) is 35.4 Å². The molecule has 0 saturated heterocycles. The molecule has 2 aliphatic rings. The molecule has 0 fully saturated rings. The minimum atomic E-state index is -0.0956. The van der Waals surface area contributed by atoms with Gasteiger partial charge >= 0.3 is 0 Å². The quantitative estimate of drug-likeness (QED) is 0.108. The molecule has 0 bridgehead atoms. The maximum atomic E-state index is 6.93. The smallest absolute Gasteiger partial charge is 0.294 e. The van der Waals surface area contributed by atoms with E-state index in [2.05, 4.69) is 211 Å². The fraction of sp³-hybridized carbons (Fsp3) is 0.352. The fourth-order valence-corrected chi connectivity index (χ4v) is 10.8. The molecular formula is C54H62N4O+2. The molecule has 0 aliphatic carbocycles. The molecule has 5 nitrogen and oxygen atoms in total. The number of aromatic nitrogens is 2. The largest absolute Gasteiger partial charge is 0.450 e. The third kappa shape index (κ3) is 6.02. The predicted octanol–water partition coefficient (Wildman–Crippen LogP) is 13.8. The van der Waals surface area contributed by atoms with Crippen LogP contribution in [0.2, 0.25) is 0 Å². The van der Waals surface area contributed by atoms with E-state index in [1.807, 2.05) is 0 Å². The zero-order valence-electron chi connectivity index (χ0n) is 36.8.